The molecule has 1 saturated heterocycles. The van der Waals surface area contributed by atoms with E-state index in [-0.39, 0.29) is 11.6 Å². The van der Waals surface area contributed by atoms with E-state index >= 15 is 0 Å². The Hall–Kier alpha value is -2.17. The summed E-state index contributed by atoms with van der Waals surface area (Å²) < 4.78 is 29.3. The van der Waals surface area contributed by atoms with Crippen molar-refractivity contribution in [3.05, 3.63) is 40.9 Å². The number of pyridine rings is 1. The van der Waals surface area contributed by atoms with Crippen molar-refractivity contribution >= 4 is 17.3 Å². The molecule has 1 aliphatic rings. The number of aliphatic hydroxyl groups is 1. The molecule has 1 fully saturated rings. The third-order valence-corrected chi connectivity index (χ3v) is 4.00. The van der Waals surface area contributed by atoms with Gasteiger partial charge in [-0.1, -0.05) is 23.4 Å². The van der Waals surface area contributed by atoms with Crippen LogP contribution >= 0.6 is 11.6 Å². The highest BCUT2D eigenvalue weighted by atomic mass is 35.5. The summed E-state index contributed by atoms with van der Waals surface area (Å²) in [5.41, 5.74) is 1.69. The van der Waals surface area contributed by atoms with Crippen molar-refractivity contribution in [3.63, 3.8) is 0 Å². The first-order valence-electron chi connectivity index (χ1n) is 7.32. The largest absolute Gasteiger partial charge is 0.387 e. The van der Waals surface area contributed by atoms with Crippen molar-refractivity contribution < 1.29 is 13.9 Å². The monoisotopic (exact) mass is 352 g/mol. The minimum atomic E-state index is -3.18. The van der Waals surface area contributed by atoms with Gasteiger partial charge in [-0.05, 0) is 6.42 Å². The highest BCUT2D eigenvalue weighted by molar-refractivity contribution is 6.29. The number of rotatable bonds is 1. The Morgan fingerprint density at radius 3 is 2.83 bits per heavy atom. The number of aliphatic hydroxyl groups excluding tert-OH is 1. The van der Waals surface area contributed by atoms with Gasteiger partial charge in [0.15, 0.2) is 0 Å². The van der Waals surface area contributed by atoms with Crippen molar-refractivity contribution in [2.45, 2.75) is 18.4 Å². The summed E-state index contributed by atoms with van der Waals surface area (Å²) in [6, 6.07) is 1.52. The summed E-state index contributed by atoms with van der Waals surface area (Å²) in [7, 11) is 1.78. The van der Waals surface area contributed by atoms with E-state index in [2.05, 4.69) is 21.9 Å². The van der Waals surface area contributed by atoms with Gasteiger partial charge < -0.3 is 10.0 Å². The average Bonchev–Trinajstić information content (AvgIpc) is 2.94. The van der Waals surface area contributed by atoms with E-state index in [0.717, 1.165) is 0 Å². The Labute approximate surface area is 142 Å². The summed E-state index contributed by atoms with van der Waals surface area (Å²) in [4.78, 5) is 5.46. The molecule has 2 aromatic heterocycles. The maximum absolute atomic E-state index is 13.8. The van der Waals surface area contributed by atoms with Crippen LogP contribution in [0.2, 0.25) is 5.15 Å². The Balaban J connectivity index is 1.93. The van der Waals surface area contributed by atoms with E-state index in [9.17, 15) is 13.9 Å². The zero-order chi connectivity index (χ0) is 17.3. The highest BCUT2D eigenvalue weighted by Crippen LogP contribution is 2.32. The van der Waals surface area contributed by atoms with Crippen LogP contribution in [0.25, 0.3) is 0 Å². The number of aromatic nitrogens is 3. The number of hydrogen-bond donors (Lipinski definition) is 1. The van der Waals surface area contributed by atoms with E-state index < -0.39 is 18.6 Å². The standard InChI is InChI=1S/C16H15ClF2N4O/c1-22-9-11(7-21-22)2-3-12-8-20-15(17)6-13(12)23-5-4-14(24)16(18,19)10-23/h6-9,14,24H,4-5,10H2,1H3. The van der Waals surface area contributed by atoms with Crippen LogP contribution in [-0.4, -0.2) is 45.0 Å². The van der Waals surface area contributed by atoms with Crippen LogP contribution in [-0.2, 0) is 7.05 Å². The van der Waals surface area contributed by atoms with Crippen LogP contribution in [0.4, 0.5) is 14.5 Å². The summed E-state index contributed by atoms with van der Waals surface area (Å²) in [5.74, 6) is 2.68. The number of nitrogens with zero attached hydrogens (tertiary/aromatic N) is 4. The molecule has 0 amide bonds. The number of alkyl halides is 2. The van der Waals surface area contributed by atoms with Crippen molar-refractivity contribution in [2.75, 3.05) is 18.0 Å². The quantitative estimate of drug-likeness (QED) is 0.630. The fourth-order valence-electron chi connectivity index (χ4n) is 2.54. The van der Waals surface area contributed by atoms with E-state index in [1.54, 1.807) is 24.1 Å². The van der Waals surface area contributed by atoms with E-state index in [1.165, 1.54) is 17.2 Å². The van der Waals surface area contributed by atoms with Crippen LogP contribution in [0.1, 0.15) is 17.5 Å². The first-order chi connectivity index (χ1) is 11.3. The van der Waals surface area contributed by atoms with Crippen LogP contribution in [0.5, 0.6) is 0 Å². The van der Waals surface area contributed by atoms with Crippen molar-refractivity contribution in [3.8, 4) is 11.8 Å². The predicted octanol–water partition coefficient (Wildman–Crippen LogP) is 2.07. The van der Waals surface area contributed by atoms with Gasteiger partial charge in [-0.3, -0.25) is 4.68 Å². The van der Waals surface area contributed by atoms with Gasteiger partial charge in [0.25, 0.3) is 5.92 Å². The molecule has 1 unspecified atom stereocenters. The molecule has 126 valence electrons. The molecule has 3 heterocycles. The van der Waals surface area contributed by atoms with Gasteiger partial charge in [0.2, 0.25) is 0 Å². The molecule has 0 aliphatic carbocycles. The molecule has 5 nitrogen and oxygen atoms in total. The maximum atomic E-state index is 13.8. The van der Waals surface area contributed by atoms with Gasteiger partial charge >= 0.3 is 0 Å². The lowest BCUT2D eigenvalue weighted by Gasteiger charge is -2.37. The van der Waals surface area contributed by atoms with Crippen LogP contribution in [0.3, 0.4) is 0 Å². The van der Waals surface area contributed by atoms with Crippen LogP contribution in [0, 0.1) is 11.8 Å². The predicted molar refractivity (Wildman–Crippen MR) is 86.2 cm³/mol. The molecule has 0 radical (unpaired) electrons. The van der Waals surface area contributed by atoms with Gasteiger partial charge in [-0.25, -0.2) is 13.8 Å². The highest BCUT2D eigenvalue weighted by Gasteiger charge is 2.44. The Bertz CT molecular complexity index is 812. The van der Waals surface area contributed by atoms with Gasteiger partial charge in [0.05, 0.1) is 29.6 Å². The number of anilines is 1. The van der Waals surface area contributed by atoms with Gasteiger partial charge in [-0.2, -0.15) is 5.10 Å². The summed E-state index contributed by atoms with van der Waals surface area (Å²) in [6.45, 7) is -0.297. The lowest BCUT2D eigenvalue weighted by atomic mass is 10.0. The summed E-state index contributed by atoms with van der Waals surface area (Å²) in [6.07, 6.45) is 3.17. The number of halogens is 3. The number of aryl methyl sites for hydroxylation is 1. The van der Waals surface area contributed by atoms with Crippen molar-refractivity contribution in [2.24, 2.45) is 7.05 Å². The van der Waals surface area contributed by atoms with Gasteiger partial charge in [0, 0.05) is 32.1 Å². The van der Waals surface area contributed by atoms with Gasteiger partial charge in [0.1, 0.15) is 11.3 Å². The average molecular weight is 353 g/mol. The molecule has 2 aromatic rings. The molecule has 0 saturated carbocycles. The zero-order valence-electron chi connectivity index (χ0n) is 12.9. The zero-order valence-corrected chi connectivity index (χ0v) is 13.6. The fourth-order valence-corrected chi connectivity index (χ4v) is 2.69. The van der Waals surface area contributed by atoms with Gasteiger partial charge in [-0.15, -0.1) is 0 Å². The number of piperidine rings is 1. The summed E-state index contributed by atoms with van der Waals surface area (Å²) in [5, 5.41) is 13.7. The van der Waals surface area contributed by atoms with E-state index in [1.807, 2.05) is 0 Å². The minimum Gasteiger partial charge on any atom is -0.387 e. The normalized spacial score (nSPS) is 19.7. The maximum Gasteiger partial charge on any atom is 0.290 e. The first-order valence-corrected chi connectivity index (χ1v) is 7.70. The smallest absolute Gasteiger partial charge is 0.290 e. The topological polar surface area (TPSA) is 54.2 Å². The molecule has 24 heavy (non-hydrogen) atoms. The molecule has 3 rings (SSSR count). The molecule has 0 spiro atoms. The molecule has 0 bridgehead atoms. The Morgan fingerprint density at radius 1 is 1.38 bits per heavy atom. The minimum absolute atomic E-state index is 0.0254. The van der Waals surface area contributed by atoms with Crippen molar-refractivity contribution in [1.29, 1.82) is 0 Å². The second kappa shape index (κ2) is 6.38. The lowest BCUT2D eigenvalue weighted by molar-refractivity contribution is -0.113. The molecule has 8 heteroatoms. The SMILES string of the molecule is Cn1cc(C#Cc2cnc(Cl)cc2N2CCC(O)C(F)(F)C2)cn1. The Morgan fingerprint density at radius 2 is 2.17 bits per heavy atom. The van der Waals surface area contributed by atoms with E-state index in [4.69, 9.17) is 11.6 Å². The molecule has 1 atom stereocenters. The number of hydrogen-bond acceptors (Lipinski definition) is 4. The third kappa shape index (κ3) is 3.50. The second-order valence-electron chi connectivity index (χ2n) is 5.66. The third-order valence-electron chi connectivity index (χ3n) is 3.80. The van der Waals surface area contributed by atoms with Crippen LogP contribution in [0.15, 0.2) is 24.7 Å². The van der Waals surface area contributed by atoms with Crippen molar-refractivity contribution in [1.82, 2.24) is 14.8 Å². The Kier molecular flexibility index (Phi) is 4.43. The molecular formula is C16H15ClF2N4O. The van der Waals surface area contributed by atoms with E-state index in [0.29, 0.717) is 23.4 Å². The lowest BCUT2D eigenvalue weighted by Crippen LogP contribution is -2.51. The second-order valence-corrected chi connectivity index (χ2v) is 6.05. The molecular weight excluding hydrogens is 338 g/mol. The molecule has 1 N–H and O–H groups in total. The molecule has 1 aliphatic heterocycles. The van der Waals surface area contributed by atoms with Crippen LogP contribution < -0.4 is 4.90 Å². The summed E-state index contributed by atoms with van der Waals surface area (Å²) >= 11 is 5.92. The first kappa shape index (κ1) is 16.7. The molecule has 0 aromatic carbocycles. The fraction of sp³-hybridized carbons (Fsp3) is 0.375.